The van der Waals surface area contributed by atoms with Gasteiger partial charge in [0.1, 0.15) is 16.4 Å². The largest absolute Gasteiger partial charge is 0.286 e. The van der Waals surface area contributed by atoms with Crippen LogP contribution in [0.3, 0.4) is 0 Å². The summed E-state index contributed by atoms with van der Waals surface area (Å²) in [5.74, 6) is -0.498. The van der Waals surface area contributed by atoms with Gasteiger partial charge in [0.15, 0.2) is 5.84 Å². The van der Waals surface area contributed by atoms with E-state index in [1.165, 1.54) is 17.1 Å². The smallest absolute Gasteiger partial charge is 0.256 e. The van der Waals surface area contributed by atoms with E-state index >= 15 is 0 Å². The second-order valence-corrected chi connectivity index (χ2v) is 5.85. The van der Waals surface area contributed by atoms with Crippen LogP contribution in [0.25, 0.3) is 0 Å². The molecule has 0 spiro atoms. The van der Waals surface area contributed by atoms with E-state index in [1.807, 2.05) is 0 Å². The summed E-state index contributed by atoms with van der Waals surface area (Å²) >= 11 is 0. The zero-order chi connectivity index (χ0) is 15.0. The number of sulfonamides is 1. The van der Waals surface area contributed by atoms with E-state index in [0.717, 1.165) is 6.07 Å². The van der Waals surface area contributed by atoms with Crippen molar-refractivity contribution in [2.45, 2.75) is 4.90 Å². The number of hydrogen-bond acceptors (Lipinski definition) is 5. The summed E-state index contributed by atoms with van der Waals surface area (Å²) in [4.78, 5) is 3.92. The van der Waals surface area contributed by atoms with Crippen LogP contribution in [0.2, 0.25) is 0 Å². The van der Waals surface area contributed by atoms with Crippen LogP contribution < -0.4 is 10.4 Å². The predicted octanol–water partition coefficient (Wildman–Crippen LogP) is 1.31. The van der Waals surface area contributed by atoms with Gasteiger partial charge >= 0.3 is 0 Å². The number of halogens is 1. The van der Waals surface area contributed by atoms with Crippen LogP contribution in [-0.2, 0) is 10.0 Å². The fraction of sp³-hybridized carbons (Fsp3) is 0.0769. The van der Waals surface area contributed by atoms with Crippen LogP contribution in [0.4, 0.5) is 10.1 Å². The Morgan fingerprint density at radius 1 is 1.24 bits per heavy atom. The maximum Gasteiger partial charge on any atom is 0.286 e. The van der Waals surface area contributed by atoms with Gasteiger partial charge in [0.2, 0.25) is 0 Å². The maximum atomic E-state index is 13.3. The van der Waals surface area contributed by atoms with Gasteiger partial charge in [0, 0.05) is 13.2 Å². The van der Waals surface area contributed by atoms with Gasteiger partial charge < -0.3 is 0 Å². The van der Waals surface area contributed by atoms with Gasteiger partial charge in [-0.15, -0.1) is 4.40 Å². The highest BCUT2D eigenvalue weighted by atomic mass is 32.2. The number of aromatic nitrogens is 1. The molecule has 0 bridgehead atoms. The Hall–Kier alpha value is -2.32. The van der Waals surface area contributed by atoms with Gasteiger partial charge in [-0.1, -0.05) is 6.07 Å². The number of rotatable bonds is 2. The molecular weight excluding hydrogens is 295 g/mol. The molecular formula is C13H11FN4O2S. The SMILES string of the molecule is CNN1C(c2ccccn2)=NS(=O)(=O)c2cc(F)ccc21. The van der Waals surface area contributed by atoms with Gasteiger partial charge in [-0.05, 0) is 30.3 Å². The molecule has 0 amide bonds. The molecule has 2 heterocycles. The highest BCUT2D eigenvalue weighted by molar-refractivity contribution is 7.90. The predicted molar refractivity (Wildman–Crippen MR) is 75.9 cm³/mol. The quantitative estimate of drug-likeness (QED) is 0.905. The molecule has 1 aliphatic heterocycles. The molecule has 1 aromatic carbocycles. The monoisotopic (exact) mass is 306 g/mol. The summed E-state index contributed by atoms with van der Waals surface area (Å²) in [6.45, 7) is 0. The number of hydrogen-bond donors (Lipinski definition) is 1. The Bertz CT molecular complexity index is 821. The number of amidine groups is 1. The molecule has 1 aliphatic rings. The van der Waals surface area contributed by atoms with Crippen molar-refractivity contribution in [1.82, 2.24) is 10.4 Å². The first kappa shape index (κ1) is 13.7. The highest BCUT2D eigenvalue weighted by Crippen LogP contribution is 2.32. The summed E-state index contributed by atoms with van der Waals surface area (Å²) < 4.78 is 41.5. The van der Waals surface area contributed by atoms with Crippen molar-refractivity contribution in [3.8, 4) is 0 Å². The molecule has 0 radical (unpaired) electrons. The van der Waals surface area contributed by atoms with Crippen LogP contribution in [0.5, 0.6) is 0 Å². The van der Waals surface area contributed by atoms with Crippen LogP contribution in [0, 0.1) is 5.82 Å². The Kier molecular flexibility index (Phi) is 3.19. The van der Waals surface area contributed by atoms with Crippen molar-refractivity contribution in [2.24, 2.45) is 4.40 Å². The molecule has 1 aromatic heterocycles. The summed E-state index contributed by atoms with van der Waals surface area (Å²) in [6.07, 6.45) is 1.54. The third-order valence-corrected chi connectivity index (χ3v) is 4.27. The normalized spacial score (nSPS) is 16.3. The highest BCUT2D eigenvalue weighted by Gasteiger charge is 2.32. The minimum absolute atomic E-state index is 0.136. The van der Waals surface area contributed by atoms with Crippen molar-refractivity contribution in [1.29, 1.82) is 0 Å². The van der Waals surface area contributed by atoms with Crippen molar-refractivity contribution >= 4 is 21.5 Å². The van der Waals surface area contributed by atoms with E-state index < -0.39 is 15.8 Å². The average molecular weight is 306 g/mol. The van der Waals surface area contributed by atoms with Gasteiger partial charge in [0.25, 0.3) is 10.0 Å². The second kappa shape index (κ2) is 4.90. The number of hydrazine groups is 1. The lowest BCUT2D eigenvalue weighted by Crippen LogP contribution is -2.44. The number of nitrogens with one attached hydrogen (secondary N) is 1. The Balaban J connectivity index is 2.25. The number of pyridine rings is 1. The lowest BCUT2D eigenvalue weighted by Gasteiger charge is -2.29. The first-order chi connectivity index (χ1) is 10.0. The Morgan fingerprint density at radius 3 is 2.71 bits per heavy atom. The Morgan fingerprint density at radius 2 is 2.05 bits per heavy atom. The topological polar surface area (TPSA) is 74.7 Å². The summed E-state index contributed by atoms with van der Waals surface area (Å²) in [6, 6.07) is 8.62. The van der Waals surface area contributed by atoms with E-state index in [4.69, 9.17) is 0 Å². The lowest BCUT2D eigenvalue weighted by atomic mass is 10.2. The minimum Gasteiger partial charge on any atom is -0.256 e. The number of nitrogens with zero attached hydrogens (tertiary/aromatic N) is 3. The molecule has 0 unspecified atom stereocenters. The zero-order valence-corrected chi connectivity index (χ0v) is 11.8. The molecule has 1 N–H and O–H groups in total. The summed E-state index contributed by atoms with van der Waals surface area (Å²) in [5.41, 5.74) is 3.54. The molecule has 6 nitrogen and oxygen atoms in total. The molecule has 8 heteroatoms. The van der Waals surface area contributed by atoms with E-state index in [2.05, 4.69) is 14.8 Å². The van der Waals surface area contributed by atoms with Crippen LogP contribution in [0.1, 0.15) is 5.69 Å². The summed E-state index contributed by atoms with van der Waals surface area (Å²) in [7, 11) is -2.36. The van der Waals surface area contributed by atoms with E-state index in [9.17, 15) is 12.8 Å². The molecule has 0 fully saturated rings. The lowest BCUT2D eigenvalue weighted by molar-refractivity contribution is 0.590. The van der Waals surface area contributed by atoms with Crippen LogP contribution in [-0.4, -0.2) is 26.3 Å². The van der Waals surface area contributed by atoms with Crippen molar-refractivity contribution < 1.29 is 12.8 Å². The number of benzene rings is 1. The fourth-order valence-corrected chi connectivity index (χ4v) is 3.27. The van der Waals surface area contributed by atoms with Gasteiger partial charge in [0.05, 0.1) is 5.69 Å². The van der Waals surface area contributed by atoms with Crippen LogP contribution in [0.15, 0.2) is 51.9 Å². The third kappa shape index (κ3) is 2.28. The van der Waals surface area contributed by atoms with E-state index in [0.29, 0.717) is 11.4 Å². The average Bonchev–Trinajstić information content (AvgIpc) is 2.48. The van der Waals surface area contributed by atoms with Gasteiger partial charge in [-0.3, -0.25) is 9.99 Å². The summed E-state index contributed by atoms with van der Waals surface area (Å²) in [5, 5.41) is 1.46. The molecule has 3 rings (SSSR count). The van der Waals surface area contributed by atoms with Crippen molar-refractivity contribution in [2.75, 3.05) is 12.1 Å². The molecule has 0 aliphatic carbocycles. The van der Waals surface area contributed by atoms with Crippen LogP contribution >= 0.6 is 0 Å². The van der Waals surface area contributed by atoms with E-state index in [-0.39, 0.29) is 10.7 Å². The van der Waals surface area contributed by atoms with Crippen molar-refractivity contribution in [3.63, 3.8) is 0 Å². The van der Waals surface area contributed by atoms with Crippen molar-refractivity contribution in [3.05, 3.63) is 54.1 Å². The van der Waals surface area contributed by atoms with Gasteiger partial charge in [-0.25, -0.2) is 9.82 Å². The Labute approximate surface area is 121 Å². The first-order valence-electron chi connectivity index (χ1n) is 6.06. The molecule has 21 heavy (non-hydrogen) atoms. The second-order valence-electron chi connectivity index (χ2n) is 4.28. The van der Waals surface area contributed by atoms with Gasteiger partial charge in [-0.2, -0.15) is 8.42 Å². The maximum absolute atomic E-state index is 13.3. The molecule has 2 aromatic rings. The standard InChI is InChI=1S/C13H11FN4O2S/c1-15-18-11-6-5-9(14)8-12(11)21(19,20)17-13(18)10-4-2-3-7-16-10/h2-8,15H,1H3. The zero-order valence-electron chi connectivity index (χ0n) is 11.0. The molecule has 0 atom stereocenters. The first-order valence-corrected chi connectivity index (χ1v) is 7.50. The number of fused-ring (bicyclic) bond motifs is 1. The molecule has 108 valence electrons. The number of anilines is 1. The molecule has 0 saturated carbocycles. The minimum atomic E-state index is -3.98. The third-order valence-electron chi connectivity index (χ3n) is 2.98. The molecule has 0 saturated heterocycles. The fourth-order valence-electron chi connectivity index (χ4n) is 2.08. The van der Waals surface area contributed by atoms with E-state index in [1.54, 1.807) is 31.4 Å².